The van der Waals surface area contributed by atoms with Crippen LogP contribution in [0.5, 0.6) is 0 Å². The molecule has 1 N–H and O–H groups in total. The van der Waals surface area contributed by atoms with E-state index in [2.05, 4.69) is 49.9 Å². The molecule has 1 aromatic carbocycles. The van der Waals surface area contributed by atoms with Crippen LogP contribution in [0.1, 0.15) is 38.3 Å². The molecule has 2 atom stereocenters. The molecule has 0 saturated heterocycles. The van der Waals surface area contributed by atoms with E-state index < -0.39 is 5.97 Å². The van der Waals surface area contributed by atoms with Crippen LogP contribution in [0, 0.1) is 12.8 Å². The monoisotopic (exact) mass is 263 g/mol. The van der Waals surface area contributed by atoms with Gasteiger partial charge in [0, 0.05) is 19.1 Å². The van der Waals surface area contributed by atoms with Crippen LogP contribution in [-0.2, 0) is 11.3 Å². The third kappa shape index (κ3) is 5.03. The predicted octanol–water partition coefficient (Wildman–Crippen LogP) is 3.32. The Balaban J connectivity index is 2.74. The van der Waals surface area contributed by atoms with Crippen LogP contribution < -0.4 is 0 Å². The Labute approximate surface area is 116 Å². The maximum atomic E-state index is 11.0. The minimum atomic E-state index is -0.725. The van der Waals surface area contributed by atoms with Gasteiger partial charge in [-0.3, -0.25) is 9.69 Å². The molecule has 0 saturated carbocycles. The Morgan fingerprint density at radius 2 is 1.84 bits per heavy atom. The maximum absolute atomic E-state index is 11.0. The van der Waals surface area contributed by atoms with Gasteiger partial charge < -0.3 is 5.11 Å². The highest BCUT2D eigenvalue weighted by atomic mass is 16.4. The molecule has 0 aliphatic rings. The number of aliphatic carboxylic acids is 1. The number of carboxylic acids is 1. The normalized spacial score (nSPS) is 14.4. The fraction of sp³-hybridized carbons (Fsp3) is 0.562. The minimum absolute atomic E-state index is 0.334. The largest absolute Gasteiger partial charge is 0.481 e. The molecule has 3 heteroatoms. The van der Waals surface area contributed by atoms with Gasteiger partial charge in [0.2, 0.25) is 0 Å². The van der Waals surface area contributed by atoms with E-state index in [0.29, 0.717) is 12.6 Å². The van der Waals surface area contributed by atoms with Gasteiger partial charge >= 0.3 is 5.97 Å². The summed E-state index contributed by atoms with van der Waals surface area (Å²) < 4.78 is 0. The van der Waals surface area contributed by atoms with E-state index in [1.165, 1.54) is 11.1 Å². The average Bonchev–Trinajstić information content (AvgIpc) is 2.39. The molecule has 2 unspecified atom stereocenters. The van der Waals surface area contributed by atoms with Crippen LogP contribution in [0.2, 0.25) is 0 Å². The van der Waals surface area contributed by atoms with E-state index in [-0.39, 0.29) is 5.92 Å². The maximum Gasteiger partial charge on any atom is 0.307 e. The fourth-order valence-electron chi connectivity index (χ4n) is 2.02. The number of nitrogens with zero attached hydrogens (tertiary/aromatic N) is 1. The second kappa shape index (κ2) is 7.29. The lowest BCUT2D eigenvalue weighted by molar-refractivity contribution is -0.142. The molecule has 1 rings (SSSR count). The summed E-state index contributed by atoms with van der Waals surface area (Å²) >= 11 is 0. The summed E-state index contributed by atoms with van der Waals surface area (Å²) in [6.07, 6.45) is 1.03. The van der Waals surface area contributed by atoms with Crippen molar-refractivity contribution in [3.63, 3.8) is 0 Å². The number of hydrogen-bond donors (Lipinski definition) is 1. The second-order valence-electron chi connectivity index (χ2n) is 5.41. The highest BCUT2D eigenvalue weighted by Crippen LogP contribution is 2.14. The van der Waals surface area contributed by atoms with Crippen molar-refractivity contribution in [2.75, 3.05) is 6.54 Å². The molecule has 0 bridgehead atoms. The summed E-state index contributed by atoms with van der Waals surface area (Å²) in [4.78, 5) is 13.3. The molecule has 0 aliphatic carbocycles. The van der Waals surface area contributed by atoms with Crippen LogP contribution in [0.15, 0.2) is 24.3 Å². The van der Waals surface area contributed by atoms with Crippen LogP contribution in [0.4, 0.5) is 0 Å². The molecular formula is C16H25NO2. The summed E-state index contributed by atoms with van der Waals surface area (Å²) in [5.74, 6) is -1.06. The summed E-state index contributed by atoms with van der Waals surface area (Å²) in [5.41, 5.74) is 2.49. The van der Waals surface area contributed by atoms with Crippen molar-refractivity contribution in [3.8, 4) is 0 Å². The lowest BCUT2D eigenvalue weighted by Crippen LogP contribution is -2.37. The van der Waals surface area contributed by atoms with E-state index in [1.807, 2.05) is 0 Å². The van der Waals surface area contributed by atoms with E-state index in [1.54, 1.807) is 6.92 Å². The van der Waals surface area contributed by atoms with E-state index in [0.717, 1.165) is 13.0 Å². The molecule has 3 nitrogen and oxygen atoms in total. The molecule has 19 heavy (non-hydrogen) atoms. The summed E-state index contributed by atoms with van der Waals surface area (Å²) in [5, 5.41) is 9.06. The SMILES string of the molecule is CCC(C)N(Cc1ccc(C)cc1)CC(C)C(=O)O. The molecule has 0 spiro atoms. The van der Waals surface area contributed by atoms with Gasteiger partial charge in [0.05, 0.1) is 5.92 Å². The smallest absolute Gasteiger partial charge is 0.307 e. The topological polar surface area (TPSA) is 40.5 Å². The van der Waals surface area contributed by atoms with E-state index in [9.17, 15) is 4.79 Å². The quantitative estimate of drug-likeness (QED) is 0.820. The van der Waals surface area contributed by atoms with Crippen LogP contribution in [0.3, 0.4) is 0 Å². The average molecular weight is 263 g/mol. The Hall–Kier alpha value is -1.35. The first-order chi connectivity index (χ1) is 8.93. The number of hydrogen-bond acceptors (Lipinski definition) is 2. The molecule has 1 aromatic rings. The predicted molar refractivity (Wildman–Crippen MR) is 78.1 cm³/mol. The minimum Gasteiger partial charge on any atom is -0.481 e. The standard InChI is InChI=1S/C16H25NO2/c1-5-14(4)17(10-13(3)16(18)19)11-15-8-6-12(2)7-9-15/h6-9,13-14H,5,10-11H2,1-4H3,(H,18,19). The van der Waals surface area contributed by atoms with Gasteiger partial charge in [-0.2, -0.15) is 0 Å². The Morgan fingerprint density at radius 3 is 2.32 bits per heavy atom. The zero-order chi connectivity index (χ0) is 14.4. The number of benzene rings is 1. The fourth-order valence-corrected chi connectivity index (χ4v) is 2.02. The second-order valence-corrected chi connectivity index (χ2v) is 5.41. The van der Waals surface area contributed by atoms with Crippen LogP contribution in [0.25, 0.3) is 0 Å². The lowest BCUT2D eigenvalue weighted by Gasteiger charge is -2.30. The number of rotatable bonds is 7. The third-order valence-corrected chi connectivity index (χ3v) is 3.65. The van der Waals surface area contributed by atoms with E-state index >= 15 is 0 Å². The van der Waals surface area contributed by atoms with Gasteiger partial charge in [0.1, 0.15) is 0 Å². The van der Waals surface area contributed by atoms with Crippen LogP contribution in [-0.4, -0.2) is 28.6 Å². The van der Waals surface area contributed by atoms with Gasteiger partial charge in [-0.1, -0.05) is 43.7 Å². The Morgan fingerprint density at radius 1 is 1.26 bits per heavy atom. The molecule has 0 amide bonds. The first kappa shape index (κ1) is 15.7. The number of carboxylic acid groups (broad SMARTS) is 1. The van der Waals surface area contributed by atoms with Gasteiger partial charge in [-0.15, -0.1) is 0 Å². The van der Waals surface area contributed by atoms with Crippen LogP contribution >= 0.6 is 0 Å². The molecule has 106 valence electrons. The Bertz CT molecular complexity index is 400. The molecule has 0 aliphatic heterocycles. The molecule has 0 aromatic heterocycles. The highest BCUT2D eigenvalue weighted by molar-refractivity contribution is 5.69. The highest BCUT2D eigenvalue weighted by Gasteiger charge is 2.19. The van der Waals surface area contributed by atoms with Crippen molar-refractivity contribution < 1.29 is 9.90 Å². The van der Waals surface area contributed by atoms with Gasteiger partial charge in [-0.25, -0.2) is 0 Å². The zero-order valence-corrected chi connectivity index (χ0v) is 12.4. The van der Waals surface area contributed by atoms with Crippen molar-refractivity contribution in [2.45, 2.75) is 46.7 Å². The van der Waals surface area contributed by atoms with Gasteiger partial charge in [-0.05, 0) is 25.8 Å². The van der Waals surface area contributed by atoms with Gasteiger partial charge in [0.25, 0.3) is 0 Å². The first-order valence-electron chi connectivity index (χ1n) is 6.96. The molecule has 0 heterocycles. The van der Waals surface area contributed by atoms with Crippen molar-refractivity contribution in [1.29, 1.82) is 0 Å². The van der Waals surface area contributed by atoms with Gasteiger partial charge in [0.15, 0.2) is 0 Å². The van der Waals surface area contributed by atoms with E-state index in [4.69, 9.17) is 5.11 Å². The third-order valence-electron chi connectivity index (χ3n) is 3.65. The Kier molecular flexibility index (Phi) is 6.03. The molecule has 0 fully saturated rings. The number of aryl methyl sites for hydroxylation is 1. The van der Waals surface area contributed by atoms with Crippen molar-refractivity contribution in [1.82, 2.24) is 4.90 Å². The van der Waals surface area contributed by atoms with Crippen molar-refractivity contribution in [3.05, 3.63) is 35.4 Å². The number of carbonyl (C=O) groups is 1. The van der Waals surface area contributed by atoms with Crippen molar-refractivity contribution in [2.24, 2.45) is 5.92 Å². The molecular weight excluding hydrogens is 238 g/mol. The summed E-state index contributed by atoms with van der Waals surface area (Å²) in [6.45, 7) is 9.54. The zero-order valence-electron chi connectivity index (χ0n) is 12.4. The summed E-state index contributed by atoms with van der Waals surface area (Å²) in [7, 11) is 0. The first-order valence-corrected chi connectivity index (χ1v) is 6.96. The molecule has 0 radical (unpaired) electrons. The lowest BCUT2D eigenvalue weighted by atomic mass is 10.1. The summed E-state index contributed by atoms with van der Waals surface area (Å²) in [6, 6.07) is 8.84. The van der Waals surface area contributed by atoms with Crippen molar-refractivity contribution >= 4 is 5.97 Å².